The Bertz CT molecular complexity index is 182. The van der Waals surface area contributed by atoms with Gasteiger partial charge in [0, 0.05) is 39.6 Å². The van der Waals surface area contributed by atoms with E-state index in [1.807, 2.05) is 11.8 Å². The van der Waals surface area contributed by atoms with Crippen molar-refractivity contribution in [2.24, 2.45) is 4.99 Å². The third kappa shape index (κ3) is 14.2. The summed E-state index contributed by atoms with van der Waals surface area (Å²) in [6, 6.07) is 0. The van der Waals surface area contributed by atoms with Gasteiger partial charge in [0.25, 0.3) is 0 Å². The summed E-state index contributed by atoms with van der Waals surface area (Å²) in [6.07, 6.45) is 5.60. The summed E-state index contributed by atoms with van der Waals surface area (Å²) >= 11 is 1.83. The maximum Gasteiger partial charge on any atom is 0.191 e. The van der Waals surface area contributed by atoms with Crippen LogP contribution in [0.25, 0.3) is 0 Å². The van der Waals surface area contributed by atoms with E-state index in [2.05, 4.69) is 21.9 Å². The molecule has 0 aromatic heterocycles. The fourth-order valence-corrected chi connectivity index (χ4v) is 1.55. The van der Waals surface area contributed by atoms with Gasteiger partial charge in [-0.3, -0.25) is 4.99 Å². The molecule has 0 aromatic carbocycles. The van der Waals surface area contributed by atoms with Gasteiger partial charge in [0.15, 0.2) is 5.96 Å². The second-order valence-electron chi connectivity index (χ2n) is 3.47. The topological polar surface area (TPSA) is 45.7 Å². The third-order valence-electron chi connectivity index (χ3n) is 2.14. The molecule has 0 atom stereocenters. The zero-order chi connectivity index (χ0) is 12.1. The molecule has 0 rings (SSSR count). The van der Waals surface area contributed by atoms with Crippen LogP contribution < -0.4 is 10.6 Å². The van der Waals surface area contributed by atoms with Crippen LogP contribution in [0.15, 0.2) is 4.99 Å². The Balaban J connectivity index is 0. The van der Waals surface area contributed by atoms with Gasteiger partial charge in [-0.1, -0.05) is 0 Å². The Kier molecular flexibility index (Phi) is 18.8. The lowest BCUT2D eigenvalue weighted by Crippen LogP contribution is -2.38. The molecule has 17 heavy (non-hydrogen) atoms. The summed E-state index contributed by atoms with van der Waals surface area (Å²) in [5.74, 6) is 2.01. The number of thioether (sulfide) groups is 1. The van der Waals surface area contributed by atoms with Crippen molar-refractivity contribution in [2.75, 3.05) is 45.9 Å². The highest BCUT2D eigenvalue weighted by Crippen LogP contribution is 1.93. The van der Waals surface area contributed by atoms with Crippen LogP contribution in [0.3, 0.4) is 0 Å². The number of guanidine groups is 1. The van der Waals surface area contributed by atoms with Gasteiger partial charge in [0.2, 0.25) is 0 Å². The maximum atomic E-state index is 5.00. The average molecular weight is 375 g/mol. The van der Waals surface area contributed by atoms with E-state index in [0.29, 0.717) is 0 Å². The number of rotatable bonds is 9. The number of methoxy groups -OCH3 is 1. The summed E-state index contributed by atoms with van der Waals surface area (Å²) in [7, 11) is 3.55. The van der Waals surface area contributed by atoms with E-state index in [0.717, 1.165) is 44.3 Å². The number of hydrogen-bond acceptors (Lipinski definition) is 3. The zero-order valence-electron chi connectivity index (χ0n) is 11.1. The van der Waals surface area contributed by atoms with E-state index in [1.165, 1.54) is 6.42 Å². The lowest BCUT2D eigenvalue weighted by atomic mass is 10.2. The van der Waals surface area contributed by atoms with Gasteiger partial charge in [-0.25, -0.2) is 0 Å². The van der Waals surface area contributed by atoms with E-state index >= 15 is 0 Å². The Labute approximate surface area is 127 Å². The van der Waals surface area contributed by atoms with Gasteiger partial charge in [-0.15, -0.1) is 24.0 Å². The highest BCUT2D eigenvalue weighted by Gasteiger charge is 1.95. The van der Waals surface area contributed by atoms with Crippen LogP contribution in [0, 0.1) is 0 Å². The van der Waals surface area contributed by atoms with Gasteiger partial charge in [0.1, 0.15) is 0 Å². The van der Waals surface area contributed by atoms with Gasteiger partial charge in [0.05, 0.1) is 0 Å². The van der Waals surface area contributed by atoms with E-state index in [1.54, 1.807) is 14.2 Å². The smallest absolute Gasteiger partial charge is 0.191 e. The number of unbranched alkanes of at least 4 members (excludes halogenated alkanes) is 2. The van der Waals surface area contributed by atoms with Crippen LogP contribution in [0.5, 0.6) is 0 Å². The van der Waals surface area contributed by atoms with Gasteiger partial charge in [-0.05, 0) is 25.5 Å². The summed E-state index contributed by atoms with van der Waals surface area (Å²) in [6.45, 7) is 2.80. The molecule has 0 saturated carbocycles. The molecule has 0 bridgehead atoms. The molecule has 104 valence electrons. The first-order valence-electron chi connectivity index (χ1n) is 5.77. The second kappa shape index (κ2) is 16.3. The number of hydrogen-bond donors (Lipinski definition) is 2. The highest BCUT2D eigenvalue weighted by molar-refractivity contribution is 14.0. The molecular formula is C11H26IN3OS. The number of nitrogens with zero attached hydrogens (tertiary/aromatic N) is 1. The zero-order valence-corrected chi connectivity index (χ0v) is 14.3. The number of aliphatic imine (C=N–C) groups is 1. The average Bonchev–Trinajstić information content (AvgIpc) is 2.31. The van der Waals surface area contributed by atoms with E-state index < -0.39 is 0 Å². The minimum Gasteiger partial charge on any atom is -0.385 e. The number of nitrogens with one attached hydrogen (secondary N) is 2. The lowest BCUT2D eigenvalue weighted by molar-refractivity contribution is 0.192. The second-order valence-corrected chi connectivity index (χ2v) is 4.46. The Morgan fingerprint density at radius 1 is 1.18 bits per heavy atom. The number of ether oxygens (including phenoxy) is 1. The SMILES string of the molecule is CN=C(NCCCCCOC)NCCSC.I. The molecule has 0 aromatic rings. The summed E-state index contributed by atoms with van der Waals surface area (Å²) < 4.78 is 5.00. The maximum absolute atomic E-state index is 5.00. The monoisotopic (exact) mass is 375 g/mol. The van der Waals surface area contributed by atoms with Gasteiger partial charge >= 0.3 is 0 Å². The van der Waals surface area contributed by atoms with Crippen LogP contribution in [0.4, 0.5) is 0 Å². The van der Waals surface area contributed by atoms with Crippen molar-refractivity contribution < 1.29 is 4.74 Å². The fourth-order valence-electron chi connectivity index (χ4n) is 1.25. The van der Waals surface area contributed by atoms with Crippen molar-refractivity contribution >= 4 is 41.7 Å². The molecule has 0 aliphatic heterocycles. The predicted molar refractivity (Wildman–Crippen MR) is 88.9 cm³/mol. The van der Waals surface area contributed by atoms with Crippen LogP contribution in [0.1, 0.15) is 19.3 Å². The molecule has 0 radical (unpaired) electrons. The van der Waals surface area contributed by atoms with E-state index in [4.69, 9.17) is 4.74 Å². The van der Waals surface area contributed by atoms with Crippen LogP contribution >= 0.6 is 35.7 Å². The van der Waals surface area contributed by atoms with E-state index in [9.17, 15) is 0 Å². The first-order chi connectivity index (χ1) is 7.85. The Morgan fingerprint density at radius 2 is 1.88 bits per heavy atom. The van der Waals surface area contributed by atoms with Gasteiger partial charge in [-0.2, -0.15) is 11.8 Å². The normalized spacial score (nSPS) is 10.9. The lowest BCUT2D eigenvalue weighted by Gasteiger charge is -2.11. The van der Waals surface area contributed by atoms with Crippen LogP contribution in [-0.2, 0) is 4.74 Å². The molecule has 4 nitrogen and oxygen atoms in total. The Morgan fingerprint density at radius 3 is 2.47 bits per heavy atom. The molecule has 2 N–H and O–H groups in total. The molecule has 0 spiro atoms. The van der Waals surface area contributed by atoms with Gasteiger partial charge < -0.3 is 15.4 Å². The van der Waals surface area contributed by atoms with Crippen molar-refractivity contribution in [3.63, 3.8) is 0 Å². The summed E-state index contributed by atoms with van der Waals surface area (Å²) in [5, 5.41) is 6.56. The molecule has 0 amide bonds. The molecule has 0 aliphatic rings. The largest absolute Gasteiger partial charge is 0.385 e. The van der Waals surface area contributed by atoms with E-state index in [-0.39, 0.29) is 24.0 Å². The minimum absolute atomic E-state index is 0. The molecule has 0 saturated heterocycles. The Hall–Kier alpha value is 0.310. The first-order valence-corrected chi connectivity index (χ1v) is 7.17. The molecule has 0 aliphatic carbocycles. The van der Waals surface area contributed by atoms with Crippen LogP contribution in [-0.4, -0.2) is 51.8 Å². The predicted octanol–water partition coefficient (Wildman–Crippen LogP) is 1.95. The fraction of sp³-hybridized carbons (Fsp3) is 0.909. The van der Waals surface area contributed by atoms with Crippen molar-refractivity contribution in [3.05, 3.63) is 0 Å². The number of halogens is 1. The molecule has 0 unspecified atom stereocenters. The first kappa shape index (κ1) is 19.6. The third-order valence-corrected chi connectivity index (χ3v) is 2.75. The molecular weight excluding hydrogens is 349 g/mol. The van der Waals surface area contributed by atoms with Crippen molar-refractivity contribution in [1.29, 1.82) is 0 Å². The van der Waals surface area contributed by atoms with Crippen molar-refractivity contribution in [2.45, 2.75) is 19.3 Å². The minimum atomic E-state index is 0. The standard InChI is InChI=1S/C11H25N3OS.HI/c1-12-11(14-8-10-16-3)13-7-5-4-6-9-15-2;/h4-10H2,1-3H3,(H2,12,13,14);1H. The summed E-state index contributed by atoms with van der Waals surface area (Å²) in [5.41, 5.74) is 0. The van der Waals surface area contributed by atoms with Crippen molar-refractivity contribution in [1.82, 2.24) is 10.6 Å². The van der Waals surface area contributed by atoms with Crippen LogP contribution in [0.2, 0.25) is 0 Å². The molecule has 6 heteroatoms. The molecule has 0 fully saturated rings. The molecule has 0 heterocycles. The summed E-state index contributed by atoms with van der Waals surface area (Å²) in [4.78, 5) is 4.15. The van der Waals surface area contributed by atoms with Crippen molar-refractivity contribution in [3.8, 4) is 0 Å². The highest BCUT2D eigenvalue weighted by atomic mass is 127. The quantitative estimate of drug-likeness (QED) is 0.280.